The molecule has 0 heterocycles. The van der Waals surface area contributed by atoms with Gasteiger partial charge in [0.15, 0.2) is 0 Å². The molecule has 4 unspecified atom stereocenters. The molecular weight excluding hydrogens is 342 g/mol. The Morgan fingerprint density at radius 2 is 1.82 bits per heavy atom. The number of fused-ring (bicyclic) bond motifs is 2. The second-order valence-electron chi connectivity index (χ2n) is 10.8. The van der Waals surface area contributed by atoms with Crippen LogP contribution in [0.5, 0.6) is 5.75 Å². The Morgan fingerprint density at radius 1 is 1.07 bits per heavy atom. The molecule has 2 nitrogen and oxygen atoms in total. The summed E-state index contributed by atoms with van der Waals surface area (Å²) < 4.78 is 6.72. The molecule has 156 valence electrons. The van der Waals surface area contributed by atoms with Crippen molar-refractivity contribution >= 4 is 0 Å². The number of hydrogen-bond donors (Lipinski definition) is 1. The molecule has 1 aromatic carbocycles. The van der Waals surface area contributed by atoms with Gasteiger partial charge in [0, 0.05) is 23.6 Å². The highest BCUT2D eigenvalue weighted by Crippen LogP contribution is 2.66. The molecule has 4 rings (SSSR count). The first-order chi connectivity index (χ1) is 13.4. The zero-order valence-corrected chi connectivity index (χ0v) is 18.6. The van der Waals surface area contributed by atoms with Crippen molar-refractivity contribution < 1.29 is 4.74 Å². The van der Waals surface area contributed by atoms with Gasteiger partial charge in [-0.2, -0.15) is 0 Å². The predicted octanol–water partition coefficient (Wildman–Crippen LogP) is 6.73. The Hall–Kier alpha value is -1.02. The predicted molar refractivity (Wildman–Crippen MR) is 118 cm³/mol. The SMILES string of the molecule is CC(CC1CCCCC1)NCc1ccccc1OC1CC2CCC1(C)C2(C)C. The molecule has 3 saturated carbocycles. The summed E-state index contributed by atoms with van der Waals surface area (Å²) in [6.07, 6.45) is 12.8. The first-order valence-corrected chi connectivity index (χ1v) is 11.9. The van der Waals surface area contributed by atoms with Crippen LogP contribution in [0.4, 0.5) is 0 Å². The minimum Gasteiger partial charge on any atom is -0.489 e. The number of hydrogen-bond acceptors (Lipinski definition) is 2. The van der Waals surface area contributed by atoms with Crippen molar-refractivity contribution in [3.63, 3.8) is 0 Å². The lowest BCUT2D eigenvalue weighted by molar-refractivity contribution is 0.0295. The van der Waals surface area contributed by atoms with Crippen LogP contribution < -0.4 is 10.1 Å². The van der Waals surface area contributed by atoms with Gasteiger partial charge in [0.05, 0.1) is 0 Å². The zero-order valence-electron chi connectivity index (χ0n) is 18.6. The highest BCUT2D eigenvalue weighted by atomic mass is 16.5. The normalized spacial score (nSPS) is 33.1. The van der Waals surface area contributed by atoms with Crippen molar-refractivity contribution in [1.82, 2.24) is 5.32 Å². The average Bonchev–Trinajstić information content (AvgIpc) is 3.02. The van der Waals surface area contributed by atoms with E-state index >= 15 is 0 Å². The standard InChI is InChI=1S/C26H41NO/c1-19(16-20-10-6-5-7-11-20)27-18-21-12-8-9-13-23(21)28-24-17-22-14-15-26(24,4)25(22,2)3/h8-9,12-13,19-20,22,24,27H,5-7,10-11,14-18H2,1-4H3. The van der Waals surface area contributed by atoms with Crippen molar-refractivity contribution in [3.8, 4) is 5.75 Å². The van der Waals surface area contributed by atoms with Crippen LogP contribution in [0.2, 0.25) is 0 Å². The molecule has 0 aromatic heterocycles. The van der Waals surface area contributed by atoms with Gasteiger partial charge in [-0.3, -0.25) is 0 Å². The van der Waals surface area contributed by atoms with E-state index in [1.54, 1.807) is 0 Å². The van der Waals surface area contributed by atoms with Gasteiger partial charge in [0.1, 0.15) is 11.9 Å². The van der Waals surface area contributed by atoms with E-state index in [1.165, 1.54) is 63.4 Å². The molecule has 4 atom stereocenters. The van der Waals surface area contributed by atoms with Crippen LogP contribution in [0.15, 0.2) is 24.3 Å². The van der Waals surface area contributed by atoms with E-state index < -0.39 is 0 Å². The molecular formula is C26H41NO. The summed E-state index contributed by atoms with van der Waals surface area (Å²) >= 11 is 0. The highest BCUT2D eigenvalue weighted by Gasteiger charge is 2.62. The third-order valence-electron chi connectivity index (χ3n) is 9.01. The van der Waals surface area contributed by atoms with Crippen LogP contribution in [0.25, 0.3) is 0 Å². The van der Waals surface area contributed by atoms with Gasteiger partial charge in [0.25, 0.3) is 0 Å². The molecule has 2 heteroatoms. The maximum atomic E-state index is 6.72. The Morgan fingerprint density at radius 3 is 2.50 bits per heavy atom. The summed E-state index contributed by atoms with van der Waals surface area (Å²) in [7, 11) is 0. The highest BCUT2D eigenvalue weighted by molar-refractivity contribution is 5.34. The summed E-state index contributed by atoms with van der Waals surface area (Å²) in [4.78, 5) is 0. The van der Waals surface area contributed by atoms with Crippen LogP contribution in [-0.4, -0.2) is 12.1 Å². The van der Waals surface area contributed by atoms with Gasteiger partial charge in [-0.25, -0.2) is 0 Å². The fourth-order valence-corrected chi connectivity index (χ4v) is 6.52. The Kier molecular flexibility index (Phi) is 5.80. The number of ether oxygens (including phenoxy) is 1. The van der Waals surface area contributed by atoms with E-state index in [0.717, 1.165) is 24.1 Å². The number of nitrogens with one attached hydrogen (secondary N) is 1. The van der Waals surface area contributed by atoms with E-state index in [2.05, 4.69) is 57.3 Å². The molecule has 3 fully saturated rings. The fraction of sp³-hybridized carbons (Fsp3) is 0.769. The van der Waals surface area contributed by atoms with Crippen LogP contribution in [-0.2, 0) is 6.54 Å². The first kappa shape index (κ1) is 20.3. The van der Waals surface area contributed by atoms with E-state index in [1.807, 2.05) is 0 Å². The Balaban J connectivity index is 1.36. The molecule has 3 aliphatic carbocycles. The topological polar surface area (TPSA) is 21.3 Å². The number of para-hydroxylation sites is 1. The van der Waals surface area contributed by atoms with Crippen molar-refractivity contribution in [1.29, 1.82) is 0 Å². The van der Waals surface area contributed by atoms with E-state index in [9.17, 15) is 0 Å². The first-order valence-electron chi connectivity index (χ1n) is 11.9. The lowest BCUT2D eigenvalue weighted by Crippen LogP contribution is -2.39. The minimum absolute atomic E-state index is 0.312. The Labute approximate surface area is 172 Å². The maximum absolute atomic E-state index is 6.72. The zero-order chi connectivity index (χ0) is 19.8. The van der Waals surface area contributed by atoms with Crippen molar-refractivity contribution in [2.75, 3.05) is 0 Å². The second kappa shape index (κ2) is 8.01. The summed E-state index contributed by atoms with van der Waals surface area (Å²) in [5.41, 5.74) is 2.04. The quantitative estimate of drug-likeness (QED) is 0.563. The van der Waals surface area contributed by atoms with E-state index in [-0.39, 0.29) is 0 Å². The molecule has 1 aromatic rings. The maximum Gasteiger partial charge on any atom is 0.124 e. The monoisotopic (exact) mass is 383 g/mol. The summed E-state index contributed by atoms with van der Waals surface area (Å²) in [5.74, 6) is 2.86. The van der Waals surface area contributed by atoms with Crippen LogP contribution in [0.3, 0.4) is 0 Å². The lowest BCUT2D eigenvalue weighted by atomic mass is 9.70. The minimum atomic E-state index is 0.312. The molecule has 0 spiro atoms. The largest absolute Gasteiger partial charge is 0.489 e. The summed E-state index contributed by atoms with van der Waals surface area (Å²) in [5, 5.41) is 3.79. The summed E-state index contributed by atoms with van der Waals surface area (Å²) in [6, 6.07) is 9.30. The average molecular weight is 384 g/mol. The van der Waals surface area contributed by atoms with E-state index in [0.29, 0.717) is 23.0 Å². The third kappa shape index (κ3) is 3.74. The van der Waals surface area contributed by atoms with Crippen molar-refractivity contribution in [2.45, 2.75) is 104 Å². The van der Waals surface area contributed by atoms with Crippen LogP contribution in [0.1, 0.15) is 91.0 Å². The van der Waals surface area contributed by atoms with Crippen molar-refractivity contribution in [3.05, 3.63) is 29.8 Å². The number of rotatable bonds is 7. The number of benzene rings is 1. The molecule has 0 amide bonds. The molecule has 0 saturated heterocycles. The van der Waals surface area contributed by atoms with Gasteiger partial charge in [-0.1, -0.05) is 71.1 Å². The second-order valence-corrected chi connectivity index (χ2v) is 10.8. The van der Waals surface area contributed by atoms with Crippen molar-refractivity contribution in [2.24, 2.45) is 22.7 Å². The molecule has 0 aliphatic heterocycles. The molecule has 2 bridgehead atoms. The van der Waals surface area contributed by atoms with Crippen LogP contribution in [0, 0.1) is 22.7 Å². The van der Waals surface area contributed by atoms with Gasteiger partial charge in [-0.05, 0) is 55.9 Å². The lowest BCUT2D eigenvalue weighted by Gasteiger charge is -2.39. The molecule has 0 radical (unpaired) electrons. The molecule has 3 aliphatic rings. The Bertz CT molecular complexity index is 662. The van der Waals surface area contributed by atoms with E-state index in [4.69, 9.17) is 4.74 Å². The van der Waals surface area contributed by atoms with Gasteiger partial charge in [-0.15, -0.1) is 0 Å². The molecule has 1 N–H and O–H groups in total. The smallest absolute Gasteiger partial charge is 0.124 e. The molecule has 28 heavy (non-hydrogen) atoms. The van der Waals surface area contributed by atoms with Gasteiger partial charge in [0.2, 0.25) is 0 Å². The van der Waals surface area contributed by atoms with Gasteiger partial charge >= 0.3 is 0 Å². The fourth-order valence-electron chi connectivity index (χ4n) is 6.52. The third-order valence-corrected chi connectivity index (χ3v) is 9.01. The van der Waals surface area contributed by atoms with Crippen LogP contribution >= 0.6 is 0 Å². The summed E-state index contributed by atoms with van der Waals surface area (Å²) in [6.45, 7) is 10.7. The van der Waals surface area contributed by atoms with Gasteiger partial charge < -0.3 is 10.1 Å².